The third-order valence-corrected chi connectivity index (χ3v) is 2.46. The zero-order chi connectivity index (χ0) is 9.97. The molecular weight excluding hydrogens is 291 g/mol. The van der Waals surface area contributed by atoms with Gasteiger partial charge >= 0.3 is 0 Å². The van der Waals surface area contributed by atoms with Crippen molar-refractivity contribution in [1.82, 2.24) is 10.2 Å². The Morgan fingerprint density at radius 2 is 2.07 bits per heavy atom. The maximum atomic E-state index is 5.38. The van der Waals surface area contributed by atoms with E-state index < -0.39 is 0 Å². The first-order chi connectivity index (χ1) is 6.81. The van der Waals surface area contributed by atoms with E-state index >= 15 is 0 Å². The molecule has 72 valence electrons. The van der Waals surface area contributed by atoms with Gasteiger partial charge in [0.1, 0.15) is 0 Å². The van der Waals surface area contributed by atoms with Gasteiger partial charge < -0.3 is 4.42 Å². The number of aryl methyl sites for hydroxylation is 1. The number of hydrogen-bond donors (Lipinski definition) is 0. The van der Waals surface area contributed by atoms with Crippen LogP contribution >= 0.6 is 22.6 Å². The van der Waals surface area contributed by atoms with Crippen LogP contribution in [0.15, 0.2) is 28.7 Å². The van der Waals surface area contributed by atoms with Gasteiger partial charge in [0.05, 0.1) is 0 Å². The number of halogens is 1. The monoisotopic (exact) mass is 300 g/mol. The summed E-state index contributed by atoms with van der Waals surface area (Å²) >= 11 is 2.01. The molecule has 0 atom stereocenters. The first-order valence-electron chi connectivity index (χ1n) is 4.38. The fourth-order valence-corrected chi connectivity index (χ4v) is 1.67. The van der Waals surface area contributed by atoms with Gasteiger partial charge in [-0.05, 0) is 18.1 Å². The van der Waals surface area contributed by atoms with Crippen LogP contribution in [0.25, 0.3) is 11.5 Å². The Kier molecular flexibility index (Phi) is 2.81. The Labute approximate surface area is 95.7 Å². The summed E-state index contributed by atoms with van der Waals surface area (Å²) in [5.74, 6) is 0.604. The minimum Gasteiger partial charge on any atom is -0.412 e. The van der Waals surface area contributed by atoms with Crippen LogP contribution in [0.3, 0.4) is 0 Å². The Morgan fingerprint density at radius 3 is 2.71 bits per heavy atom. The van der Waals surface area contributed by atoms with Crippen molar-refractivity contribution in [2.75, 3.05) is 0 Å². The lowest BCUT2D eigenvalue weighted by molar-refractivity contribution is 0.536. The fraction of sp³-hybridized carbons (Fsp3) is 0.200. The average molecular weight is 300 g/mol. The molecule has 0 aliphatic rings. The molecule has 0 saturated carbocycles. The van der Waals surface area contributed by atoms with E-state index in [-0.39, 0.29) is 0 Å². The van der Waals surface area contributed by atoms with Crippen LogP contribution in [-0.4, -0.2) is 10.2 Å². The van der Waals surface area contributed by atoms with Gasteiger partial charge in [0, 0.05) is 28.2 Å². The van der Waals surface area contributed by atoms with Crippen LogP contribution in [0.1, 0.15) is 12.5 Å². The van der Waals surface area contributed by atoms with Crippen molar-refractivity contribution in [3.05, 3.63) is 33.7 Å². The summed E-state index contributed by atoms with van der Waals surface area (Å²) in [5.41, 5.74) is 2.26. The van der Waals surface area contributed by atoms with Crippen molar-refractivity contribution in [1.29, 1.82) is 0 Å². The third-order valence-electron chi connectivity index (χ3n) is 2.03. The van der Waals surface area contributed by atoms with Gasteiger partial charge in [0.25, 0.3) is 3.90 Å². The molecule has 1 aromatic heterocycles. The third kappa shape index (κ3) is 1.79. The molecule has 0 aliphatic heterocycles. The van der Waals surface area contributed by atoms with E-state index in [1.54, 1.807) is 0 Å². The highest BCUT2D eigenvalue weighted by Crippen LogP contribution is 2.22. The van der Waals surface area contributed by atoms with Crippen LogP contribution in [0.2, 0.25) is 0 Å². The molecule has 0 spiro atoms. The highest BCUT2D eigenvalue weighted by Gasteiger charge is 2.09. The zero-order valence-corrected chi connectivity index (χ0v) is 9.85. The molecule has 0 fully saturated rings. The van der Waals surface area contributed by atoms with E-state index in [0.717, 1.165) is 12.0 Å². The minimum absolute atomic E-state index is 0.573. The first kappa shape index (κ1) is 9.64. The van der Waals surface area contributed by atoms with Crippen LogP contribution in [0.4, 0.5) is 0 Å². The topological polar surface area (TPSA) is 38.9 Å². The molecule has 0 bridgehead atoms. The van der Waals surface area contributed by atoms with Crippen molar-refractivity contribution in [3.8, 4) is 11.5 Å². The van der Waals surface area contributed by atoms with Crippen LogP contribution < -0.4 is 0 Å². The standard InChI is InChI=1S/C10H9IN2O/c1-2-7-5-3-4-6-8(7)9-12-13-10(11)14-9/h3-6H,2H2,1H3. The van der Waals surface area contributed by atoms with Crippen LogP contribution in [-0.2, 0) is 6.42 Å². The Morgan fingerprint density at radius 1 is 1.29 bits per heavy atom. The molecular formula is C10H9IN2O. The highest BCUT2D eigenvalue weighted by molar-refractivity contribution is 14.1. The maximum absolute atomic E-state index is 5.38. The maximum Gasteiger partial charge on any atom is 0.278 e. The molecule has 1 aromatic carbocycles. The number of nitrogens with zero attached hydrogens (tertiary/aromatic N) is 2. The summed E-state index contributed by atoms with van der Waals surface area (Å²) in [5, 5.41) is 7.81. The van der Waals surface area contributed by atoms with Gasteiger partial charge in [-0.3, -0.25) is 0 Å². The number of hydrogen-bond acceptors (Lipinski definition) is 3. The van der Waals surface area contributed by atoms with Crippen molar-refractivity contribution in [3.63, 3.8) is 0 Å². The van der Waals surface area contributed by atoms with E-state index in [4.69, 9.17) is 4.42 Å². The molecule has 14 heavy (non-hydrogen) atoms. The predicted octanol–water partition coefficient (Wildman–Crippen LogP) is 2.90. The molecule has 4 heteroatoms. The van der Waals surface area contributed by atoms with Gasteiger partial charge in [-0.2, -0.15) is 0 Å². The lowest BCUT2D eigenvalue weighted by Crippen LogP contribution is -1.86. The van der Waals surface area contributed by atoms with Gasteiger partial charge in [-0.15, -0.1) is 10.2 Å². The van der Waals surface area contributed by atoms with E-state index in [1.165, 1.54) is 5.56 Å². The lowest BCUT2D eigenvalue weighted by atomic mass is 10.1. The molecule has 2 aromatic rings. The van der Waals surface area contributed by atoms with Crippen LogP contribution in [0.5, 0.6) is 0 Å². The number of rotatable bonds is 2. The normalized spacial score (nSPS) is 10.4. The van der Waals surface area contributed by atoms with Crippen molar-refractivity contribution in [2.45, 2.75) is 13.3 Å². The molecule has 0 aliphatic carbocycles. The van der Waals surface area contributed by atoms with Crippen LogP contribution in [0, 0.1) is 3.90 Å². The molecule has 1 heterocycles. The largest absolute Gasteiger partial charge is 0.412 e. The Balaban J connectivity index is 2.50. The molecule has 0 radical (unpaired) electrons. The van der Waals surface area contributed by atoms with Gasteiger partial charge in [-0.1, -0.05) is 25.1 Å². The Hall–Kier alpha value is -0.910. The van der Waals surface area contributed by atoms with Gasteiger partial charge in [0.2, 0.25) is 5.89 Å². The van der Waals surface area contributed by atoms with Gasteiger partial charge in [0.15, 0.2) is 0 Å². The molecule has 0 amide bonds. The van der Waals surface area contributed by atoms with Crippen molar-refractivity contribution in [2.24, 2.45) is 0 Å². The fourth-order valence-electron chi connectivity index (χ4n) is 1.35. The van der Waals surface area contributed by atoms with Gasteiger partial charge in [-0.25, -0.2) is 0 Å². The second-order valence-corrected chi connectivity index (χ2v) is 3.79. The van der Waals surface area contributed by atoms with Crippen molar-refractivity contribution >= 4 is 22.6 Å². The summed E-state index contributed by atoms with van der Waals surface area (Å²) in [7, 11) is 0. The second-order valence-electron chi connectivity index (χ2n) is 2.87. The van der Waals surface area contributed by atoms with E-state index in [2.05, 4.69) is 23.2 Å². The second kappa shape index (κ2) is 4.08. The van der Waals surface area contributed by atoms with E-state index in [9.17, 15) is 0 Å². The minimum atomic E-state index is 0.573. The lowest BCUT2D eigenvalue weighted by Gasteiger charge is -2.01. The average Bonchev–Trinajstić information content (AvgIpc) is 2.65. The van der Waals surface area contributed by atoms with E-state index in [1.807, 2.05) is 40.8 Å². The summed E-state index contributed by atoms with van der Waals surface area (Å²) in [6, 6.07) is 8.07. The number of aromatic nitrogens is 2. The summed E-state index contributed by atoms with van der Waals surface area (Å²) in [6.45, 7) is 2.11. The quantitative estimate of drug-likeness (QED) is 0.801. The molecule has 0 N–H and O–H groups in total. The molecule has 2 rings (SSSR count). The summed E-state index contributed by atoms with van der Waals surface area (Å²) in [4.78, 5) is 0. The Bertz CT molecular complexity index is 439. The SMILES string of the molecule is CCc1ccccc1-c1nnc(I)o1. The summed E-state index contributed by atoms with van der Waals surface area (Å²) in [6.07, 6.45) is 0.967. The predicted molar refractivity (Wildman–Crippen MR) is 61.8 cm³/mol. The molecule has 0 unspecified atom stereocenters. The highest BCUT2D eigenvalue weighted by atomic mass is 127. The first-order valence-corrected chi connectivity index (χ1v) is 5.46. The molecule has 0 saturated heterocycles. The molecule has 3 nitrogen and oxygen atoms in total. The smallest absolute Gasteiger partial charge is 0.278 e. The van der Waals surface area contributed by atoms with Crippen molar-refractivity contribution < 1.29 is 4.42 Å². The summed E-state index contributed by atoms with van der Waals surface area (Å²) < 4.78 is 5.95. The van der Waals surface area contributed by atoms with E-state index in [0.29, 0.717) is 9.79 Å². The zero-order valence-electron chi connectivity index (χ0n) is 7.70. The number of benzene rings is 1.